The van der Waals surface area contributed by atoms with Crippen LogP contribution in [0.25, 0.3) is 0 Å². The molecule has 2 atom stereocenters. The molecule has 0 saturated carbocycles. The van der Waals surface area contributed by atoms with E-state index in [1.54, 1.807) is 0 Å². The highest BCUT2D eigenvalue weighted by molar-refractivity contribution is 7.80. The Bertz CT molecular complexity index is 276. The Balaban J connectivity index is 2.72. The lowest BCUT2D eigenvalue weighted by atomic mass is 9.97. The van der Waals surface area contributed by atoms with Crippen molar-refractivity contribution in [1.82, 2.24) is 0 Å². The number of carbonyl (C=O) groups is 1. The topological polar surface area (TPSA) is 43.1 Å². The molecule has 14 heavy (non-hydrogen) atoms. The van der Waals surface area contributed by atoms with Crippen LogP contribution in [0.5, 0.6) is 0 Å². The molecular formula is C11H15NOS. The zero-order chi connectivity index (χ0) is 10.4. The Labute approximate surface area is 89.9 Å². The predicted octanol–water partition coefficient (Wildman–Crippen LogP) is 1.82. The fourth-order valence-electron chi connectivity index (χ4n) is 1.39. The average Bonchev–Trinajstić information content (AvgIpc) is 2.26. The van der Waals surface area contributed by atoms with Crippen LogP contribution >= 0.6 is 12.6 Å². The van der Waals surface area contributed by atoms with Gasteiger partial charge in [-0.3, -0.25) is 0 Å². The van der Waals surface area contributed by atoms with E-state index in [-0.39, 0.29) is 11.2 Å². The first-order valence-electron chi connectivity index (χ1n) is 4.68. The van der Waals surface area contributed by atoms with Gasteiger partial charge in [0.1, 0.15) is 6.29 Å². The summed E-state index contributed by atoms with van der Waals surface area (Å²) in [7, 11) is 0. The molecule has 1 aromatic carbocycles. The van der Waals surface area contributed by atoms with Crippen LogP contribution in [0.4, 0.5) is 0 Å². The van der Waals surface area contributed by atoms with Crippen LogP contribution in [-0.4, -0.2) is 12.8 Å². The molecule has 2 N–H and O–H groups in total. The fourth-order valence-corrected chi connectivity index (χ4v) is 1.78. The van der Waals surface area contributed by atoms with Crippen molar-refractivity contribution in [2.45, 2.75) is 11.7 Å². The fraction of sp³-hybridized carbons (Fsp3) is 0.364. The normalized spacial score (nSPS) is 14.7. The predicted molar refractivity (Wildman–Crippen MR) is 61.4 cm³/mol. The molecule has 2 nitrogen and oxygen atoms in total. The number of nitrogens with two attached hydrogens (primary N) is 1. The van der Waals surface area contributed by atoms with Crippen LogP contribution in [0, 0.1) is 5.92 Å². The first-order chi connectivity index (χ1) is 6.79. The van der Waals surface area contributed by atoms with E-state index in [0.29, 0.717) is 13.0 Å². The highest BCUT2D eigenvalue weighted by Gasteiger charge is 2.17. The monoisotopic (exact) mass is 209 g/mol. The van der Waals surface area contributed by atoms with Crippen molar-refractivity contribution in [3.8, 4) is 0 Å². The molecule has 3 heteroatoms. The van der Waals surface area contributed by atoms with Crippen molar-refractivity contribution in [2.24, 2.45) is 11.7 Å². The lowest BCUT2D eigenvalue weighted by molar-refractivity contribution is -0.111. The minimum Gasteiger partial charge on any atom is -0.330 e. The van der Waals surface area contributed by atoms with E-state index in [4.69, 9.17) is 5.73 Å². The average molecular weight is 209 g/mol. The van der Waals surface area contributed by atoms with Gasteiger partial charge < -0.3 is 10.5 Å². The van der Waals surface area contributed by atoms with Gasteiger partial charge in [0, 0.05) is 11.2 Å². The van der Waals surface area contributed by atoms with Crippen molar-refractivity contribution in [2.75, 3.05) is 6.54 Å². The number of aldehydes is 1. The van der Waals surface area contributed by atoms with E-state index < -0.39 is 0 Å². The van der Waals surface area contributed by atoms with Gasteiger partial charge in [-0.05, 0) is 18.5 Å². The number of rotatable bonds is 5. The Kier molecular flexibility index (Phi) is 4.70. The Morgan fingerprint density at radius 3 is 2.50 bits per heavy atom. The molecule has 0 aromatic heterocycles. The number of carbonyl (C=O) groups excluding carboxylic acids is 1. The second-order valence-corrected chi connectivity index (χ2v) is 3.79. The smallest absolute Gasteiger partial charge is 0.124 e. The summed E-state index contributed by atoms with van der Waals surface area (Å²) in [6, 6.07) is 9.80. The van der Waals surface area contributed by atoms with Crippen LogP contribution in [0.2, 0.25) is 0 Å². The molecule has 0 radical (unpaired) electrons. The number of thiol groups is 1. The summed E-state index contributed by atoms with van der Waals surface area (Å²) >= 11 is 4.44. The highest BCUT2D eigenvalue weighted by Crippen LogP contribution is 2.28. The third kappa shape index (κ3) is 2.86. The maximum atomic E-state index is 10.8. The maximum absolute atomic E-state index is 10.8. The number of hydrogen-bond acceptors (Lipinski definition) is 3. The summed E-state index contributed by atoms with van der Waals surface area (Å²) in [5, 5.41) is -0.0442. The molecule has 0 aliphatic rings. The van der Waals surface area contributed by atoms with Crippen LogP contribution < -0.4 is 5.73 Å². The summed E-state index contributed by atoms with van der Waals surface area (Å²) in [5.74, 6) is -0.0919. The first-order valence-corrected chi connectivity index (χ1v) is 5.19. The SMILES string of the molecule is NCCC(C=O)C(S)c1ccccc1. The molecule has 0 heterocycles. The van der Waals surface area contributed by atoms with E-state index in [9.17, 15) is 4.79 Å². The van der Waals surface area contributed by atoms with Crippen molar-refractivity contribution >= 4 is 18.9 Å². The third-order valence-electron chi connectivity index (χ3n) is 2.22. The van der Waals surface area contributed by atoms with E-state index in [1.165, 1.54) is 0 Å². The lowest BCUT2D eigenvalue weighted by Crippen LogP contribution is -2.14. The summed E-state index contributed by atoms with van der Waals surface area (Å²) in [5.41, 5.74) is 6.50. The molecule has 1 rings (SSSR count). The summed E-state index contributed by atoms with van der Waals surface area (Å²) in [6.07, 6.45) is 1.63. The summed E-state index contributed by atoms with van der Waals surface area (Å²) in [4.78, 5) is 10.8. The summed E-state index contributed by atoms with van der Waals surface area (Å²) < 4.78 is 0. The molecule has 1 aromatic rings. The molecule has 0 spiro atoms. The number of benzene rings is 1. The summed E-state index contributed by atoms with van der Waals surface area (Å²) in [6.45, 7) is 0.521. The standard InChI is InChI=1S/C11H15NOS/c12-7-6-10(8-13)11(14)9-4-2-1-3-5-9/h1-5,8,10-11,14H,6-7,12H2. The van der Waals surface area contributed by atoms with Gasteiger partial charge in [0.25, 0.3) is 0 Å². The van der Waals surface area contributed by atoms with Crippen molar-refractivity contribution < 1.29 is 4.79 Å². The number of hydrogen-bond donors (Lipinski definition) is 2. The van der Waals surface area contributed by atoms with Crippen molar-refractivity contribution in [3.63, 3.8) is 0 Å². The van der Waals surface area contributed by atoms with E-state index in [2.05, 4.69) is 12.6 Å². The van der Waals surface area contributed by atoms with E-state index >= 15 is 0 Å². The van der Waals surface area contributed by atoms with Crippen LogP contribution in [0.3, 0.4) is 0 Å². The molecule has 0 aliphatic heterocycles. The zero-order valence-electron chi connectivity index (χ0n) is 7.97. The van der Waals surface area contributed by atoms with Crippen LogP contribution in [0.15, 0.2) is 30.3 Å². The third-order valence-corrected chi connectivity index (χ3v) is 2.90. The minimum absolute atomic E-state index is 0.0442. The molecule has 0 saturated heterocycles. The highest BCUT2D eigenvalue weighted by atomic mass is 32.1. The van der Waals surface area contributed by atoms with Gasteiger partial charge in [0.05, 0.1) is 0 Å². The van der Waals surface area contributed by atoms with Gasteiger partial charge in [0.2, 0.25) is 0 Å². The second kappa shape index (κ2) is 5.83. The Morgan fingerprint density at radius 2 is 2.00 bits per heavy atom. The zero-order valence-corrected chi connectivity index (χ0v) is 8.86. The second-order valence-electron chi connectivity index (χ2n) is 3.23. The van der Waals surface area contributed by atoms with Gasteiger partial charge in [0.15, 0.2) is 0 Å². The molecule has 0 aliphatic carbocycles. The molecule has 0 fully saturated rings. The van der Waals surface area contributed by atoms with E-state index in [1.807, 2.05) is 30.3 Å². The van der Waals surface area contributed by atoms with Crippen molar-refractivity contribution in [1.29, 1.82) is 0 Å². The molecule has 2 unspecified atom stereocenters. The lowest BCUT2D eigenvalue weighted by Gasteiger charge is -2.17. The quantitative estimate of drug-likeness (QED) is 0.574. The molecule has 0 amide bonds. The Morgan fingerprint density at radius 1 is 1.36 bits per heavy atom. The van der Waals surface area contributed by atoms with Gasteiger partial charge in [-0.25, -0.2) is 0 Å². The van der Waals surface area contributed by atoms with Crippen LogP contribution in [0.1, 0.15) is 17.2 Å². The van der Waals surface area contributed by atoms with E-state index in [0.717, 1.165) is 11.8 Å². The maximum Gasteiger partial charge on any atom is 0.124 e. The molecule has 0 bridgehead atoms. The molecular weight excluding hydrogens is 194 g/mol. The Hall–Kier alpha value is -0.800. The van der Waals surface area contributed by atoms with Gasteiger partial charge in [-0.2, -0.15) is 12.6 Å². The minimum atomic E-state index is -0.0919. The van der Waals surface area contributed by atoms with Gasteiger partial charge in [-0.1, -0.05) is 30.3 Å². The first kappa shape index (κ1) is 11.3. The molecule has 76 valence electrons. The largest absolute Gasteiger partial charge is 0.330 e. The van der Waals surface area contributed by atoms with Crippen LogP contribution in [-0.2, 0) is 4.79 Å². The van der Waals surface area contributed by atoms with Crippen molar-refractivity contribution in [3.05, 3.63) is 35.9 Å². The van der Waals surface area contributed by atoms with Gasteiger partial charge in [-0.15, -0.1) is 0 Å². The van der Waals surface area contributed by atoms with Gasteiger partial charge >= 0.3 is 0 Å².